The van der Waals surface area contributed by atoms with Crippen molar-refractivity contribution in [2.45, 2.75) is 39.7 Å². The van der Waals surface area contributed by atoms with Gasteiger partial charge in [0.2, 0.25) is 0 Å². The largest absolute Gasteiger partial charge is 0.508 e. The van der Waals surface area contributed by atoms with Crippen LogP contribution in [0.2, 0.25) is 0 Å². The van der Waals surface area contributed by atoms with E-state index in [1.165, 1.54) is 5.56 Å². The van der Waals surface area contributed by atoms with E-state index >= 15 is 0 Å². The fraction of sp³-hybridized carbons (Fsp3) is 0.333. The summed E-state index contributed by atoms with van der Waals surface area (Å²) in [5, 5.41) is 10.3. The number of rotatable bonds is 2. The zero-order chi connectivity index (χ0) is 14.9. The second-order valence-electron chi connectivity index (χ2n) is 6.34. The highest BCUT2D eigenvalue weighted by Gasteiger charge is 2.18. The lowest BCUT2D eigenvalue weighted by atomic mass is 9.83. The summed E-state index contributed by atoms with van der Waals surface area (Å²) in [5.74, 6) is 0.288. The summed E-state index contributed by atoms with van der Waals surface area (Å²) in [6.07, 6.45) is 0. The minimum absolute atomic E-state index is 0.00987. The van der Waals surface area contributed by atoms with E-state index < -0.39 is 0 Å². The molecule has 0 aliphatic heterocycles. The molecule has 0 saturated heterocycles. The Kier molecular flexibility index (Phi) is 3.87. The normalized spacial score (nSPS) is 11.7. The number of hydrogen-bond acceptors (Lipinski definition) is 2. The van der Waals surface area contributed by atoms with Crippen molar-refractivity contribution >= 4 is 0 Å². The van der Waals surface area contributed by atoms with E-state index in [0.29, 0.717) is 6.54 Å². The maximum absolute atomic E-state index is 10.3. The van der Waals surface area contributed by atoms with Crippen molar-refractivity contribution in [1.29, 1.82) is 0 Å². The van der Waals surface area contributed by atoms with Crippen LogP contribution in [0.5, 0.6) is 5.75 Å². The number of hydrogen-bond donors (Lipinski definition) is 2. The lowest BCUT2D eigenvalue weighted by Gasteiger charge is -2.22. The van der Waals surface area contributed by atoms with Gasteiger partial charge in [-0.1, -0.05) is 56.7 Å². The molecule has 0 bridgehead atoms. The van der Waals surface area contributed by atoms with E-state index in [1.807, 2.05) is 6.07 Å². The van der Waals surface area contributed by atoms with Gasteiger partial charge in [-0.05, 0) is 35.1 Å². The molecule has 0 heterocycles. The first-order valence-corrected chi connectivity index (χ1v) is 6.96. The van der Waals surface area contributed by atoms with Crippen molar-refractivity contribution in [2.24, 2.45) is 5.73 Å². The molecule has 2 nitrogen and oxygen atoms in total. The van der Waals surface area contributed by atoms with Crippen LogP contribution in [0, 0.1) is 6.92 Å². The van der Waals surface area contributed by atoms with E-state index in [2.05, 4.69) is 58.0 Å². The van der Waals surface area contributed by atoms with E-state index in [4.69, 9.17) is 5.73 Å². The van der Waals surface area contributed by atoms with E-state index in [9.17, 15) is 5.11 Å². The summed E-state index contributed by atoms with van der Waals surface area (Å²) >= 11 is 0. The number of aromatic hydroxyl groups is 1. The Hall–Kier alpha value is -1.80. The molecule has 2 rings (SSSR count). The number of phenolic OH excluding ortho intramolecular Hbond substituents is 1. The number of aryl methyl sites for hydroxylation is 1. The fourth-order valence-corrected chi connectivity index (χ4v) is 2.29. The number of nitrogens with two attached hydrogens (primary N) is 1. The van der Waals surface area contributed by atoms with Crippen LogP contribution in [0.4, 0.5) is 0 Å². The Morgan fingerprint density at radius 2 is 1.65 bits per heavy atom. The van der Waals surface area contributed by atoms with Gasteiger partial charge in [-0.15, -0.1) is 0 Å². The van der Waals surface area contributed by atoms with Gasteiger partial charge in [0.05, 0.1) is 0 Å². The first-order valence-electron chi connectivity index (χ1n) is 6.96. The molecule has 0 unspecified atom stereocenters. The third kappa shape index (κ3) is 2.86. The predicted octanol–water partition coefficient (Wildman–Crippen LogP) is 4.12. The summed E-state index contributed by atoms with van der Waals surface area (Å²) in [6.45, 7) is 8.82. The molecule has 0 saturated carbocycles. The van der Waals surface area contributed by atoms with Gasteiger partial charge in [0.15, 0.2) is 0 Å². The van der Waals surface area contributed by atoms with Gasteiger partial charge in [0, 0.05) is 12.1 Å². The van der Waals surface area contributed by atoms with Gasteiger partial charge >= 0.3 is 0 Å². The third-order valence-electron chi connectivity index (χ3n) is 3.66. The maximum Gasteiger partial charge on any atom is 0.120 e. The van der Waals surface area contributed by atoms with Crippen LogP contribution in [0.15, 0.2) is 36.4 Å². The van der Waals surface area contributed by atoms with Crippen molar-refractivity contribution in [3.8, 4) is 16.9 Å². The minimum Gasteiger partial charge on any atom is -0.508 e. The average molecular weight is 269 g/mol. The van der Waals surface area contributed by atoms with Gasteiger partial charge in [0.1, 0.15) is 5.75 Å². The van der Waals surface area contributed by atoms with Crippen LogP contribution >= 0.6 is 0 Å². The van der Waals surface area contributed by atoms with Crippen molar-refractivity contribution in [1.82, 2.24) is 0 Å². The van der Waals surface area contributed by atoms with Crippen LogP contribution in [-0.2, 0) is 12.0 Å². The fourth-order valence-electron chi connectivity index (χ4n) is 2.29. The third-order valence-corrected chi connectivity index (χ3v) is 3.66. The molecule has 2 aromatic rings. The molecule has 3 N–H and O–H groups in total. The topological polar surface area (TPSA) is 46.2 Å². The summed E-state index contributed by atoms with van der Waals surface area (Å²) in [6, 6.07) is 12.3. The van der Waals surface area contributed by atoms with Gasteiger partial charge in [-0.2, -0.15) is 0 Å². The predicted molar refractivity (Wildman–Crippen MR) is 84.9 cm³/mol. The van der Waals surface area contributed by atoms with Gasteiger partial charge in [-0.25, -0.2) is 0 Å². The highest BCUT2D eigenvalue weighted by molar-refractivity contribution is 5.71. The molecule has 0 aliphatic rings. The second-order valence-corrected chi connectivity index (χ2v) is 6.34. The summed E-state index contributed by atoms with van der Waals surface area (Å²) in [7, 11) is 0. The molecule has 0 aromatic heterocycles. The Balaban J connectivity index is 2.66. The monoisotopic (exact) mass is 269 g/mol. The van der Waals surface area contributed by atoms with Crippen LogP contribution in [0.25, 0.3) is 11.1 Å². The first kappa shape index (κ1) is 14.6. The number of phenols is 1. The summed E-state index contributed by atoms with van der Waals surface area (Å²) in [4.78, 5) is 0. The Labute approximate surface area is 121 Å². The van der Waals surface area contributed by atoms with Crippen LogP contribution < -0.4 is 5.73 Å². The molecule has 0 spiro atoms. The van der Waals surface area contributed by atoms with Crippen molar-refractivity contribution in [3.63, 3.8) is 0 Å². The molecule has 106 valence electrons. The highest BCUT2D eigenvalue weighted by Crippen LogP contribution is 2.35. The molecule has 0 atom stereocenters. The van der Waals surface area contributed by atoms with E-state index in [0.717, 1.165) is 22.3 Å². The first-order chi connectivity index (χ1) is 9.32. The van der Waals surface area contributed by atoms with Gasteiger partial charge in [-0.3, -0.25) is 0 Å². The maximum atomic E-state index is 10.3. The lowest BCUT2D eigenvalue weighted by Crippen LogP contribution is -2.12. The van der Waals surface area contributed by atoms with E-state index in [-0.39, 0.29) is 11.2 Å². The smallest absolute Gasteiger partial charge is 0.120 e. The molecule has 0 radical (unpaired) electrons. The summed E-state index contributed by atoms with van der Waals surface area (Å²) in [5.41, 5.74) is 11.1. The van der Waals surface area contributed by atoms with Crippen molar-refractivity contribution in [2.75, 3.05) is 0 Å². The number of benzene rings is 2. The minimum atomic E-state index is -0.00987. The van der Waals surface area contributed by atoms with E-state index in [1.54, 1.807) is 0 Å². The Bertz CT molecular complexity index is 607. The molecular formula is C18H23NO. The second kappa shape index (κ2) is 5.29. The van der Waals surface area contributed by atoms with Crippen LogP contribution in [-0.4, -0.2) is 5.11 Å². The zero-order valence-electron chi connectivity index (χ0n) is 12.7. The standard InChI is InChI=1S/C18H23NO/c1-12-5-7-13(8-6-12)15-9-14(18(2,3)4)10-17(20)16(15)11-19/h5-10,20H,11,19H2,1-4H3. The lowest BCUT2D eigenvalue weighted by molar-refractivity contribution is 0.464. The Morgan fingerprint density at radius 1 is 1.05 bits per heavy atom. The molecular weight excluding hydrogens is 246 g/mol. The van der Waals surface area contributed by atoms with Gasteiger partial charge in [0.25, 0.3) is 0 Å². The van der Waals surface area contributed by atoms with Gasteiger partial charge < -0.3 is 10.8 Å². The Morgan fingerprint density at radius 3 is 2.15 bits per heavy atom. The van der Waals surface area contributed by atoms with Crippen molar-refractivity contribution in [3.05, 3.63) is 53.1 Å². The molecule has 20 heavy (non-hydrogen) atoms. The highest BCUT2D eigenvalue weighted by atomic mass is 16.3. The zero-order valence-corrected chi connectivity index (χ0v) is 12.7. The molecule has 0 fully saturated rings. The van der Waals surface area contributed by atoms with Crippen LogP contribution in [0.3, 0.4) is 0 Å². The summed E-state index contributed by atoms with van der Waals surface area (Å²) < 4.78 is 0. The average Bonchev–Trinajstić information content (AvgIpc) is 2.37. The quantitative estimate of drug-likeness (QED) is 0.861. The molecule has 2 aromatic carbocycles. The molecule has 0 aliphatic carbocycles. The molecule has 0 amide bonds. The van der Waals surface area contributed by atoms with Crippen LogP contribution in [0.1, 0.15) is 37.5 Å². The molecule has 2 heteroatoms. The SMILES string of the molecule is Cc1ccc(-c2cc(C(C)(C)C)cc(O)c2CN)cc1. The van der Waals surface area contributed by atoms with Crippen molar-refractivity contribution < 1.29 is 5.11 Å².